The summed E-state index contributed by atoms with van der Waals surface area (Å²) in [6.45, 7) is 3.21. The SMILES string of the molecule is Cn1cnc2c(Cl)cc(-c3c(-c4ccc(F)cc4)nc(N)c4nc(C(=O)NCC(C)(C)O)cn34)cc21. The first kappa shape index (κ1) is 23.7. The van der Waals surface area contributed by atoms with Gasteiger partial charge in [0, 0.05) is 30.9 Å². The molecule has 1 amide bonds. The predicted molar refractivity (Wildman–Crippen MR) is 136 cm³/mol. The van der Waals surface area contributed by atoms with Crippen molar-refractivity contribution in [1.29, 1.82) is 0 Å². The molecule has 0 fully saturated rings. The summed E-state index contributed by atoms with van der Waals surface area (Å²) in [5.41, 5.74) is 9.28. The average Bonchev–Trinajstić information content (AvgIpc) is 3.42. The van der Waals surface area contributed by atoms with Crippen LogP contribution in [-0.2, 0) is 7.05 Å². The molecule has 0 aliphatic heterocycles. The Morgan fingerprint density at radius 1 is 1.19 bits per heavy atom. The summed E-state index contributed by atoms with van der Waals surface area (Å²) in [5, 5.41) is 13.1. The molecular weight excluding hydrogens is 485 g/mol. The van der Waals surface area contributed by atoms with Crippen LogP contribution in [0.5, 0.6) is 0 Å². The number of aromatic nitrogens is 5. The Kier molecular flexibility index (Phi) is 5.65. The van der Waals surface area contributed by atoms with E-state index in [-0.39, 0.29) is 29.5 Å². The lowest BCUT2D eigenvalue weighted by Gasteiger charge is -2.16. The normalized spacial score (nSPS) is 11.9. The number of amides is 1. The van der Waals surface area contributed by atoms with Gasteiger partial charge in [-0.15, -0.1) is 0 Å². The molecule has 3 heterocycles. The molecule has 2 aromatic carbocycles. The minimum absolute atomic E-state index is 0.0356. The molecule has 36 heavy (non-hydrogen) atoms. The fourth-order valence-electron chi connectivity index (χ4n) is 3.97. The van der Waals surface area contributed by atoms with Crippen LogP contribution in [0.4, 0.5) is 10.2 Å². The minimum Gasteiger partial charge on any atom is -0.389 e. The number of aliphatic hydroxyl groups is 1. The van der Waals surface area contributed by atoms with Crippen molar-refractivity contribution in [3.8, 4) is 22.5 Å². The monoisotopic (exact) mass is 507 g/mol. The standard InChI is InChI=1S/C25H23ClFN7O2/c1-25(2,36)11-29-24(35)17-10-34-21(14-8-16(26)20-18(9-14)33(3)12-30-20)19(32-22(28)23(34)31-17)13-4-6-15(27)7-5-13/h4-10,12,36H,11H2,1-3H3,(H2,28,32)(H,29,35). The number of nitrogens with one attached hydrogen (secondary N) is 1. The van der Waals surface area contributed by atoms with Crippen molar-refractivity contribution in [3.63, 3.8) is 0 Å². The quantitative estimate of drug-likeness (QED) is 0.332. The largest absolute Gasteiger partial charge is 0.389 e. The number of nitrogens with zero attached hydrogens (tertiary/aromatic N) is 5. The minimum atomic E-state index is -1.09. The zero-order valence-electron chi connectivity index (χ0n) is 19.8. The Balaban J connectivity index is 1.77. The van der Waals surface area contributed by atoms with Crippen LogP contribution < -0.4 is 11.1 Å². The first-order chi connectivity index (χ1) is 17.0. The van der Waals surface area contributed by atoms with Gasteiger partial charge < -0.3 is 20.7 Å². The molecule has 5 aromatic rings. The Bertz CT molecular complexity index is 1640. The highest BCUT2D eigenvalue weighted by atomic mass is 35.5. The third-order valence-corrected chi connectivity index (χ3v) is 6.01. The molecule has 11 heteroatoms. The number of fused-ring (bicyclic) bond motifs is 2. The Labute approximate surface area is 210 Å². The van der Waals surface area contributed by atoms with Crippen LogP contribution in [0.15, 0.2) is 48.9 Å². The van der Waals surface area contributed by atoms with Gasteiger partial charge in [0.2, 0.25) is 0 Å². The summed E-state index contributed by atoms with van der Waals surface area (Å²) in [6, 6.07) is 9.53. The number of hydrogen-bond acceptors (Lipinski definition) is 6. The van der Waals surface area contributed by atoms with Crippen LogP contribution in [0.2, 0.25) is 5.02 Å². The number of imidazole rings is 2. The molecule has 0 aliphatic carbocycles. The molecule has 0 radical (unpaired) electrons. The second-order valence-corrected chi connectivity index (χ2v) is 9.60. The second kappa shape index (κ2) is 8.58. The van der Waals surface area contributed by atoms with Crippen molar-refractivity contribution in [3.05, 3.63) is 65.5 Å². The molecule has 0 saturated heterocycles. The molecule has 9 nitrogen and oxygen atoms in total. The van der Waals surface area contributed by atoms with Gasteiger partial charge in [-0.2, -0.15) is 0 Å². The van der Waals surface area contributed by atoms with Gasteiger partial charge in [0.25, 0.3) is 5.91 Å². The number of halogens is 2. The molecule has 0 atom stereocenters. The number of benzene rings is 2. The van der Waals surface area contributed by atoms with E-state index in [1.165, 1.54) is 12.1 Å². The summed E-state index contributed by atoms with van der Waals surface area (Å²) in [6.07, 6.45) is 3.22. The van der Waals surface area contributed by atoms with Gasteiger partial charge in [-0.1, -0.05) is 11.6 Å². The topological polar surface area (TPSA) is 123 Å². The molecular formula is C25H23ClFN7O2. The summed E-state index contributed by atoms with van der Waals surface area (Å²) in [5.74, 6) is -0.774. The van der Waals surface area contributed by atoms with Gasteiger partial charge in [-0.3, -0.25) is 9.20 Å². The maximum Gasteiger partial charge on any atom is 0.271 e. The number of rotatable bonds is 5. The average molecular weight is 508 g/mol. The first-order valence-corrected chi connectivity index (χ1v) is 11.5. The van der Waals surface area contributed by atoms with Gasteiger partial charge in [-0.25, -0.2) is 19.3 Å². The lowest BCUT2D eigenvalue weighted by atomic mass is 10.0. The molecule has 0 spiro atoms. The zero-order valence-corrected chi connectivity index (χ0v) is 20.5. The van der Waals surface area contributed by atoms with Crippen molar-refractivity contribution >= 4 is 40.0 Å². The van der Waals surface area contributed by atoms with E-state index in [1.807, 2.05) is 17.7 Å². The van der Waals surface area contributed by atoms with Gasteiger partial charge >= 0.3 is 0 Å². The molecule has 0 unspecified atom stereocenters. The van der Waals surface area contributed by atoms with Crippen LogP contribution in [-0.4, -0.2) is 47.1 Å². The number of anilines is 1. The third kappa shape index (κ3) is 4.25. The number of nitrogen functional groups attached to an aromatic ring is 1. The predicted octanol–water partition coefficient (Wildman–Crippen LogP) is 3.83. The molecule has 0 saturated carbocycles. The van der Waals surface area contributed by atoms with E-state index < -0.39 is 11.5 Å². The van der Waals surface area contributed by atoms with E-state index in [0.29, 0.717) is 33.1 Å². The number of carbonyl (C=O) groups excluding carboxylic acids is 1. The summed E-state index contributed by atoms with van der Waals surface area (Å²) >= 11 is 6.58. The van der Waals surface area contributed by atoms with E-state index in [9.17, 15) is 14.3 Å². The van der Waals surface area contributed by atoms with E-state index in [2.05, 4.69) is 20.3 Å². The van der Waals surface area contributed by atoms with Crippen molar-refractivity contribution in [1.82, 2.24) is 29.2 Å². The van der Waals surface area contributed by atoms with Gasteiger partial charge in [0.15, 0.2) is 11.5 Å². The highest BCUT2D eigenvalue weighted by Crippen LogP contribution is 2.37. The fourth-order valence-corrected chi connectivity index (χ4v) is 4.24. The molecule has 4 N–H and O–H groups in total. The Morgan fingerprint density at radius 2 is 1.92 bits per heavy atom. The van der Waals surface area contributed by atoms with Crippen LogP contribution in [0.25, 0.3) is 39.2 Å². The number of aryl methyl sites for hydroxylation is 1. The van der Waals surface area contributed by atoms with Gasteiger partial charge in [-0.05, 0) is 50.2 Å². The lowest BCUT2D eigenvalue weighted by Crippen LogP contribution is -2.38. The van der Waals surface area contributed by atoms with Gasteiger partial charge in [0.1, 0.15) is 17.0 Å². The van der Waals surface area contributed by atoms with E-state index in [1.54, 1.807) is 49.0 Å². The lowest BCUT2D eigenvalue weighted by molar-refractivity contribution is 0.0692. The summed E-state index contributed by atoms with van der Waals surface area (Å²) in [7, 11) is 1.86. The van der Waals surface area contributed by atoms with Crippen LogP contribution >= 0.6 is 11.6 Å². The first-order valence-electron chi connectivity index (χ1n) is 11.1. The highest BCUT2D eigenvalue weighted by molar-refractivity contribution is 6.35. The van der Waals surface area contributed by atoms with Crippen molar-refractivity contribution in [2.45, 2.75) is 19.4 Å². The van der Waals surface area contributed by atoms with Gasteiger partial charge in [0.05, 0.1) is 33.9 Å². The Hall–Kier alpha value is -4.02. The van der Waals surface area contributed by atoms with E-state index in [4.69, 9.17) is 17.3 Å². The molecule has 0 aliphatic rings. The maximum absolute atomic E-state index is 13.7. The second-order valence-electron chi connectivity index (χ2n) is 9.20. The highest BCUT2D eigenvalue weighted by Gasteiger charge is 2.23. The van der Waals surface area contributed by atoms with Crippen LogP contribution in [0, 0.1) is 5.82 Å². The van der Waals surface area contributed by atoms with Crippen molar-refractivity contribution in [2.75, 3.05) is 12.3 Å². The molecule has 3 aromatic heterocycles. The van der Waals surface area contributed by atoms with E-state index in [0.717, 1.165) is 5.52 Å². The van der Waals surface area contributed by atoms with Crippen LogP contribution in [0.3, 0.4) is 0 Å². The maximum atomic E-state index is 13.7. The van der Waals surface area contributed by atoms with Crippen molar-refractivity contribution in [2.24, 2.45) is 7.05 Å². The smallest absolute Gasteiger partial charge is 0.271 e. The Morgan fingerprint density at radius 3 is 2.61 bits per heavy atom. The third-order valence-electron chi connectivity index (χ3n) is 5.72. The van der Waals surface area contributed by atoms with Crippen molar-refractivity contribution < 1.29 is 14.3 Å². The number of nitrogens with two attached hydrogens (primary N) is 1. The summed E-state index contributed by atoms with van der Waals surface area (Å²) in [4.78, 5) is 26.2. The fraction of sp³-hybridized carbons (Fsp3) is 0.200. The molecule has 184 valence electrons. The van der Waals surface area contributed by atoms with Crippen LogP contribution in [0.1, 0.15) is 24.3 Å². The summed E-state index contributed by atoms with van der Waals surface area (Å²) < 4.78 is 17.2. The van der Waals surface area contributed by atoms with E-state index >= 15 is 0 Å². The zero-order chi connectivity index (χ0) is 25.8. The number of carbonyl (C=O) groups is 1. The molecule has 0 bridgehead atoms. The molecule has 5 rings (SSSR count). The number of hydrogen-bond donors (Lipinski definition) is 3.